The smallest absolute Gasteiger partial charge is 0.410 e. The van der Waals surface area contributed by atoms with Gasteiger partial charge in [0.05, 0.1) is 6.10 Å². The number of rotatable bonds is 2. The molecule has 1 fully saturated rings. The summed E-state index contributed by atoms with van der Waals surface area (Å²) in [4.78, 5) is 14.2. The highest BCUT2D eigenvalue weighted by molar-refractivity contribution is 5.70. The largest absolute Gasteiger partial charge is 0.444 e. The van der Waals surface area contributed by atoms with Crippen molar-refractivity contribution in [3.8, 4) is 11.1 Å². The van der Waals surface area contributed by atoms with Crippen molar-refractivity contribution in [2.75, 3.05) is 13.1 Å². The second-order valence-corrected chi connectivity index (χ2v) is 10.6. The molecule has 31 heavy (non-hydrogen) atoms. The average Bonchev–Trinajstić information content (AvgIpc) is 2.98. The van der Waals surface area contributed by atoms with E-state index in [1.807, 2.05) is 20.8 Å². The van der Waals surface area contributed by atoms with Gasteiger partial charge in [0.15, 0.2) is 0 Å². The standard InChI is InChI=1S/C27H35NO3/c1-18(2)21-8-6-7-9-22(21)19-10-11-20-17-27(24(29)23(20)16-19)12-14-28(15-13-27)25(30)31-26(3,4)5/h6-11,16,18,24,29H,12-15,17H2,1-5H3. The minimum absolute atomic E-state index is 0.183. The zero-order valence-corrected chi connectivity index (χ0v) is 19.4. The number of carbonyl (C=O) groups excluding carboxylic acids is 1. The van der Waals surface area contributed by atoms with E-state index in [0.717, 1.165) is 24.8 Å². The SMILES string of the molecule is CC(C)c1ccccc1-c1ccc2c(c1)C(O)C1(CCN(C(=O)OC(C)(C)C)CC1)C2. The Hall–Kier alpha value is -2.33. The lowest BCUT2D eigenvalue weighted by Crippen LogP contribution is -2.46. The number of aliphatic hydroxyl groups is 1. The zero-order chi connectivity index (χ0) is 22.4. The molecule has 1 unspecified atom stereocenters. The van der Waals surface area contributed by atoms with E-state index in [1.165, 1.54) is 22.3 Å². The fourth-order valence-corrected chi connectivity index (χ4v) is 5.16. The van der Waals surface area contributed by atoms with Gasteiger partial charge >= 0.3 is 6.09 Å². The summed E-state index contributed by atoms with van der Waals surface area (Å²) in [5.41, 5.74) is 5.37. The van der Waals surface area contributed by atoms with Gasteiger partial charge in [-0.3, -0.25) is 0 Å². The summed E-state index contributed by atoms with van der Waals surface area (Å²) >= 11 is 0. The van der Waals surface area contributed by atoms with Crippen LogP contribution in [0.15, 0.2) is 42.5 Å². The van der Waals surface area contributed by atoms with Gasteiger partial charge in [-0.05, 0) is 79.8 Å². The molecule has 1 saturated heterocycles. The monoisotopic (exact) mass is 421 g/mol. The van der Waals surface area contributed by atoms with Crippen LogP contribution in [-0.4, -0.2) is 34.8 Å². The summed E-state index contributed by atoms with van der Waals surface area (Å²) in [7, 11) is 0. The van der Waals surface area contributed by atoms with Gasteiger partial charge in [0.25, 0.3) is 0 Å². The van der Waals surface area contributed by atoms with Crippen molar-refractivity contribution in [3.63, 3.8) is 0 Å². The zero-order valence-electron chi connectivity index (χ0n) is 19.4. The first-order chi connectivity index (χ1) is 14.6. The van der Waals surface area contributed by atoms with Crippen LogP contribution < -0.4 is 0 Å². The number of fused-ring (bicyclic) bond motifs is 1. The Bertz CT molecular complexity index is 965. The Morgan fingerprint density at radius 2 is 1.81 bits per heavy atom. The highest BCUT2D eigenvalue weighted by atomic mass is 16.6. The van der Waals surface area contributed by atoms with Crippen molar-refractivity contribution in [3.05, 3.63) is 59.2 Å². The van der Waals surface area contributed by atoms with Crippen LogP contribution in [0.25, 0.3) is 11.1 Å². The average molecular weight is 422 g/mol. The molecule has 0 radical (unpaired) electrons. The molecule has 0 aromatic heterocycles. The molecule has 2 aliphatic rings. The lowest BCUT2D eigenvalue weighted by molar-refractivity contribution is -0.0255. The van der Waals surface area contributed by atoms with Crippen LogP contribution in [0.5, 0.6) is 0 Å². The summed E-state index contributed by atoms with van der Waals surface area (Å²) < 4.78 is 5.54. The van der Waals surface area contributed by atoms with Crippen molar-refractivity contribution in [1.29, 1.82) is 0 Å². The lowest BCUT2D eigenvalue weighted by atomic mass is 9.74. The maximum absolute atomic E-state index is 12.4. The van der Waals surface area contributed by atoms with Crippen molar-refractivity contribution >= 4 is 6.09 Å². The number of aliphatic hydroxyl groups excluding tert-OH is 1. The van der Waals surface area contributed by atoms with E-state index >= 15 is 0 Å². The van der Waals surface area contributed by atoms with Crippen LogP contribution in [0.1, 0.15) is 76.2 Å². The van der Waals surface area contributed by atoms with Crippen LogP contribution in [0.3, 0.4) is 0 Å². The first kappa shape index (κ1) is 21.9. The van der Waals surface area contributed by atoms with Gasteiger partial charge in [-0.15, -0.1) is 0 Å². The third-order valence-corrected chi connectivity index (χ3v) is 6.87. The van der Waals surface area contributed by atoms with Gasteiger partial charge < -0.3 is 14.7 Å². The Balaban J connectivity index is 1.54. The predicted octanol–water partition coefficient (Wildman–Crippen LogP) is 6.08. The summed E-state index contributed by atoms with van der Waals surface area (Å²) in [6.07, 6.45) is 1.71. The molecule has 1 aliphatic carbocycles. The Kier molecular flexibility index (Phi) is 5.63. The Morgan fingerprint density at radius 1 is 1.13 bits per heavy atom. The molecule has 1 spiro atoms. The van der Waals surface area contributed by atoms with E-state index in [9.17, 15) is 9.90 Å². The number of amides is 1. The molecular formula is C27H35NO3. The predicted molar refractivity (Wildman–Crippen MR) is 124 cm³/mol. The maximum atomic E-state index is 12.4. The number of ether oxygens (including phenoxy) is 1. The van der Waals surface area contributed by atoms with Crippen LogP contribution in [0.4, 0.5) is 4.79 Å². The molecule has 2 aromatic carbocycles. The summed E-state index contributed by atoms with van der Waals surface area (Å²) in [5, 5.41) is 11.4. The number of benzene rings is 2. The van der Waals surface area contributed by atoms with Gasteiger partial charge in [-0.25, -0.2) is 4.79 Å². The molecule has 0 bridgehead atoms. The number of piperidine rings is 1. The molecule has 166 valence electrons. The first-order valence-corrected chi connectivity index (χ1v) is 11.5. The Labute approximate surface area is 186 Å². The van der Waals surface area contributed by atoms with Crippen LogP contribution in [-0.2, 0) is 11.2 Å². The molecule has 0 saturated carbocycles. The van der Waals surface area contributed by atoms with Gasteiger partial charge in [0.1, 0.15) is 5.60 Å². The quantitative estimate of drug-likeness (QED) is 0.639. The fraction of sp³-hybridized carbons (Fsp3) is 0.519. The van der Waals surface area contributed by atoms with E-state index in [4.69, 9.17) is 4.74 Å². The summed E-state index contributed by atoms with van der Waals surface area (Å²) in [6.45, 7) is 11.4. The van der Waals surface area contributed by atoms with E-state index < -0.39 is 11.7 Å². The number of nitrogens with zero attached hydrogens (tertiary/aromatic N) is 1. The number of carbonyl (C=O) groups is 1. The number of likely N-dealkylation sites (tertiary alicyclic amines) is 1. The van der Waals surface area contributed by atoms with Gasteiger partial charge in [-0.1, -0.05) is 50.2 Å². The van der Waals surface area contributed by atoms with E-state index in [2.05, 4.69) is 56.3 Å². The molecule has 4 rings (SSSR count). The van der Waals surface area contributed by atoms with E-state index in [1.54, 1.807) is 4.90 Å². The lowest BCUT2D eigenvalue weighted by Gasteiger charge is -2.41. The molecule has 1 atom stereocenters. The molecular weight excluding hydrogens is 386 g/mol. The first-order valence-electron chi connectivity index (χ1n) is 11.5. The molecule has 4 heteroatoms. The normalized spacial score (nSPS) is 20.2. The molecule has 2 aromatic rings. The molecule has 1 N–H and O–H groups in total. The van der Waals surface area contributed by atoms with Gasteiger partial charge in [0, 0.05) is 18.5 Å². The second-order valence-electron chi connectivity index (χ2n) is 10.6. The highest BCUT2D eigenvalue weighted by Crippen LogP contribution is 2.52. The van der Waals surface area contributed by atoms with Crippen molar-refractivity contribution in [1.82, 2.24) is 4.90 Å². The van der Waals surface area contributed by atoms with E-state index in [-0.39, 0.29) is 11.5 Å². The topological polar surface area (TPSA) is 49.8 Å². The van der Waals surface area contributed by atoms with Crippen molar-refractivity contribution in [2.45, 2.75) is 71.5 Å². The van der Waals surface area contributed by atoms with Gasteiger partial charge in [0.2, 0.25) is 0 Å². The van der Waals surface area contributed by atoms with E-state index in [0.29, 0.717) is 19.0 Å². The minimum Gasteiger partial charge on any atom is -0.444 e. The number of hydrogen-bond donors (Lipinski definition) is 1. The summed E-state index contributed by atoms with van der Waals surface area (Å²) in [6, 6.07) is 15.1. The van der Waals surface area contributed by atoms with Crippen LogP contribution >= 0.6 is 0 Å². The van der Waals surface area contributed by atoms with Gasteiger partial charge in [-0.2, -0.15) is 0 Å². The van der Waals surface area contributed by atoms with Crippen LogP contribution in [0.2, 0.25) is 0 Å². The fourth-order valence-electron chi connectivity index (χ4n) is 5.16. The third kappa shape index (κ3) is 4.23. The molecule has 4 nitrogen and oxygen atoms in total. The highest BCUT2D eigenvalue weighted by Gasteiger charge is 2.48. The molecule has 1 heterocycles. The second kappa shape index (κ2) is 7.98. The Morgan fingerprint density at radius 3 is 2.45 bits per heavy atom. The van der Waals surface area contributed by atoms with Crippen molar-refractivity contribution < 1.29 is 14.6 Å². The maximum Gasteiger partial charge on any atom is 0.410 e. The number of hydrogen-bond acceptors (Lipinski definition) is 3. The van der Waals surface area contributed by atoms with Crippen molar-refractivity contribution in [2.24, 2.45) is 5.41 Å². The minimum atomic E-state index is -0.491. The molecule has 1 aliphatic heterocycles. The summed E-state index contributed by atoms with van der Waals surface area (Å²) in [5.74, 6) is 0.443. The van der Waals surface area contributed by atoms with Crippen LogP contribution in [0, 0.1) is 5.41 Å². The third-order valence-electron chi connectivity index (χ3n) is 6.87. The molecule has 1 amide bonds.